The van der Waals surface area contributed by atoms with Crippen molar-refractivity contribution >= 4 is 17.5 Å². The van der Waals surface area contributed by atoms with Crippen molar-refractivity contribution in [3.05, 3.63) is 41.2 Å². The fourth-order valence-corrected chi connectivity index (χ4v) is 2.72. The van der Waals surface area contributed by atoms with Gasteiger partial charge in [0.25, 0.3) is 0 Å². The highest BCUT2D eigenvalue weighted by atomic mass is 35.5. The molecule has 1 aromatic heterocycles. The third kappa shape index (κ3) is 2.03. The molecule has 96 valence electrons. The number of aromatic nitrogens is 1. The minimum Gasteiger partial charge on any atom is -0.346 e. The molecule has 2 atom stereocenters. The first kappa shape index (κ1) is 13.1. The van der Waals surface area contributed by atoms with Crippen LogP contribution in [-0.2, 0) is 10.3 Å². The smallest absolute Gasteiger partial charge is 0.229 e. The van der Waals surface area contributed by atoms with Crippen molar-refractivity contribution in [2.24, 2.45) is 0 Å². The Morgan fingerprint density at radius 2 is 2.33 bits per heavy atom. The maximum absolute atomic E-state index is 12.2. The summed E-state index contributed by atoms with van der Waals surface area (Å²) in [4.78, 5) is 16.5. The lowest BCUT2D eigenvalue weighted by molar-refractivity contribution is -0.125. The molecule has 0 radical (unpaired) electrons. The van der Waals surface area contributed by atoms with Gasteiger partial charge in [-0.2, -0.15) is 0 Å². The highest BCUT2D eigenvalue weighted by molar-refractivity contribution is 6.29. The molecule has 1 aliphatic rings. The molecular formula is C14H17ClN2O. The largest absolute Gasteiger partial charge is 0.346 e. The van der Waals surface area contributed by atoms with Gasteiger partial charge in [-0.1, -0.05) is 30.7 Å². The molecule has 0 spiro atoms. The highest BCUT2D eigenvalue weighted by Crippen LogP contribution is 2.37. The zero-order valence-corrected chi connectivity index (χ0v) is 11.4. The molecule has 1 aromatic rings. The van der Waals surface area contributed by atoms with Crippen molar-refractivity contribution in [3.8, 4) is 0 Å². The van der Waals surface area contributed by atoms with E-state index >= 15 is 0 Å². The number of carbonyl (C=O) groups excluding carboxylic acids is 1. The molecule has 1 amide bonds. The fourth-order valence-electron chi connectivity index (χ4n) is 2.56. The summed E-state index contributed by atoms with van der Waals surface area (Å²) in [6.07, 6.45) is 3.20. The first-order valence-electron chi connectivity index (χ1n) is 6.11. The highest BCUT2D eigenvalue weighted by Gasteiger charge is 2.40. The first-order valence-corrected chi connectivity index (χ1v) is 6.49. The lowest BCUT2D eigenvalue weighted by Crippen LogP contribution is -2.50. The molecule has 0 bridgehead atoms. The number of amides is 1. The van der Waals surface area contributed by atoms with Gasteiger partial charge in [0, 0.05) is 0 Å². The number of rotatable bonds is 3. The van der Waals surface area contributed by atoms with Gasteiger partial charge in [0.2, 0.25) is 5.91 Å². The van der Waals surface area contributed by atoms with E-state index in [-0.39, 0.29) is 11.8 Å². The van der Waals surface area contributed by atoms with E-state index in [0.29, 0.717) is 11.6 Å². The second-order valence-corrected chi connectivity index (χ2v) is 5.23. The number of halogens is 1. The molecule has 2 rings (SSSR count). The van der Waals surface area contributed by atoms with Gasteiger partial charge in [0.05, 0.1) is 17.2 Å². The molecular weight excluding hydrogens is 248 g/mol. The fraction of sp³-hybridized carbons (Fsp3) is 0.429. The predicted octanol–water partition coefficient (Wildman–Crippen LogP) is 3.15. The predicted molar refractivity (Wildman–Crippen MR) is 72.6 cm³/mol. The Morgan fingerprint density at radius 3 is 2.94 bits per heavy atom. The van der Waals surface area contributed by atoms with Crippen molar-refractivity contribution in [1.29, 1.82) is 0 Å². The third-order valence-corrected chi connectivity index (χ3v) is 3.70. The van der Waals surface area contributed by atoms with Crippen LogP contribution in [0.4, 0.5) is 0 Å². The molecule has 18 heavy (non-hydrogen) atoms. The Balaban J connectivity index is 2.60. The number of pyridine rings is 1. The van der Waals surface area contributed by atoms with E-state index < -0.39 is 5.54 Å². The quantitative estimate of drug-likeness (QED) is 0.673. The first-order chi connectivity index (χ1) is 8.51. The number of fused-ring (bicyclic) bond motifs is 1. The Morgan fingerprint density at radius 1 is 1.61 bits per heavy atom. The average Bonchev–Trinajstić information content (AvgIpc) is 2.28. The van der Waals surface area contributed by atoms with Crippen LogP contribution in [0.15, 0.2) is 24.8 Å². The van der Waals surface area contributed by atoms with E-state index in [0.717, 1.165) is 17.7 Å². The average molecular weight is 265 g/mol. The maximum Gasteiger partial charge on any atom is 0.229 e. The van der Waals surface area contributed by atoms with Crippen LogP contribution in [0.25, 0.3) is 0 Å². The molecule has 2 unspecified atom stereocenters. The SMILES string of the molecule is C=CCC1(C)NC(=O)C(CC)c2nc(Cl)ccc21. The van der Waals surface area contributed by atoms with Crippen LogP contribution in [0.2, 0.25) is 5.15 Å². The maximum atomic E-state index is 12.2. The molecule has 1 aliphatic heterocycles. The minimum atomic E-state index is -0.433. The van der Waals surface area contributed by atoms with Gasteiger partial charge >= 0.3 is 0 Å². The minimum absolute atomic E-state index is 0.0177. The number of carbonyl (C=O) groups is 1. The summed E-state index contributed by atoms with van der Waals surface area (Å²) in [6, 6.07) is 3.72. The van der Waals surface area contributed by atoms with E-state index in [1.54, 1.807) is 6.07 Å². The van der Waals surface area contributed by atoms with Crippen LogP contribution in [0.1, 0.15) is 43.9 Å². The molecule has 0 saturated carbocycles. The Kier molecular flexibility index (Phi) is 3.44. The van der Waals surface area contributed by atoms with Crippen LogP contribution < -0.4 is 5.32 Å². The van der Waals surface area contributed by atoms with Crippen LogP contribution in [-0.4, -0.2) is 10.9 Å². The summed E-state index contributed by atoms with van der Waals surface area (Å²) in [5.74, 6) is -0.194. The molecule has 3 nitrogen and oxygen atoms in total. The molecule has 0 aliphatic carbocycles. The van der Waals surface area contributed by atoms with Gasteiger partial charge in [-0.25, -0.2) is 4.98 Å². The van der Waals surface area contributed by atoms with Gasteiger partial charge in [0.15, 0.2) is 0 Å². The van der Waals surface area contributed by atoms with Crippen molar-refractivity contribution < 1.29 is 4.79 Å². The van der Waals surface area contributed by atoms with Crippen LogP contribution in [0, 0.1) is 0 Å². The normalized spacial score (nSPS) is 26.4. The molecule has 4 heteroatoms. The molecule has 2 heterocycles. The summed E-state index contributed by atoms with van der Waals surface area (Å²) in [5, 5.41) is 3.51. The zero-order valence-electron chi connectivity index (χ0n) is 10.7. The van der Waals surface area contributed by atoms with E-state index in [1.807, 2.05) is 26.0 Å². The molecule has 0 saturated heterocycles. The van der Waals surface area contributed by atoms with Gasteiger partial charge in [-0.05, 0) is 31.4 Å². The standard InChI is InChI=1S/C14H17ClN2O/c1-4-8-14(3)10-6-7-11(15)16-12(10)9(5-2)13(18)17-14/h4,6-7,9H,1,5,8H2,2-3H3,(H,17,18). The zero-order chi connectivity index (χ0) is 13.3. The third-order valence-electron chi connectivity index (χ3n) is 3.49. The van der Waals surface area contributed by atoms with Crippen molar-refractivity contribution in [1.82, 2.24) is 10.3 Å². The summed E-state index contributed by atoms with van der Waals surface area (Å²) >= 11 is 5.95. The summed E-state index contributed by atoms with van der Waals surface area (Å²) in [5.41, 5.74) is 1.41. The molecule has 0 fully saturated rings. The Bertz CT molecular complexity index is 501. The van der Waals surface area contributed by atoms with Crippen molar-refractivity contribution in [2.45, 2.75) is 38.1 Å². The van der Waals surface area contributed by atoms with Crippen molar-refractivity contribution in [3.63, 3.8) is 0 Å². The van der Waals surface area contributed by atoms with Crippen LogP contribution >= 0.6 is 11.6 Å². The van der Waals surface area contributed by atoms with Gasteiger partial charge in [0.1, 0.15) is 5.15 Å². The second-order valence-electron chi connectivity index (χ2n) is 4.84. The lowest BCUT2D eigenvalue weighted by atomic mass is 9.79. The number of hydrogen-bond donors (Lipinski definition) is 1. The summed E-state index contributed by atoms with van der Waals surface area (Å²) in [6.45, 7) is 7.73. The number of hydrogen-bond acceptors (Lipinski definition) is 2. The van der Waals surface area contributed by atoms with E-state index in [4.69, 9.17) is 11.6 Å². The van der Waals surface area contributed by atoms with Crippen molar-refractivity contribution in [2.75, 3.05) is 0 Å². The van der Waals surface area contributed by atoms with Crippen LogP contribution in [0.5, 0.6) is 0 Å². The Labute approximate surface area is 112 Å². The Hall–Kier alpha value is -1.35. The van der Waals surface area contributed by atoms with Crippen LogP contribution in [0.3, 0.4) is 0 Å². The monoisotopic (exact) mass is 264 g/mol. The van der Waals surface area contributed by atoms with Gasteiger partial charge in [-0.15, -0.1) is 6.58 Å². The van der Waals surface area contributed by atoms with Gasteiger partial charge in [-0.3, -0.25) is 4.79 Å². The second kappa shape index (κ2) is 4.73. The lowest BCUT2D eigenvalue weighted by Gasteiger charge is -2.38. The topological polar surface area (TPSA) is 42.0 Å². The van der Waals surface area contributed by atoms with E-state index in [1.165, 1.54) is 0 Å². The number of nitrogens with zero attached hydrogens (tertiary/aromatic N) is 1. The number of nitrogens with one attached hydrogen (secondary N) is 1. The molecule has 0 aromatic carbocycles. The summed E-state index contributed by atoms with van der Waals surface area (Å²) < 4.78 is 0. The van der Waals surface area contributed by atoms with Gasteiger partial charge < -0.3 is 5.32 Å². The van der Waals surface area contributed by atoms with E-state index in [2.05, 4.69) is 16.9 Å². The van der Waals surface area contributed by atoms with E-state index in [9.17, 15) is 4.79 Å². The molecule has 1 N–H and O–H groups in total. The summed E-state index contributed by atoms with van der Waals surface area (Å²) in [7, 11) is 0.